The van der Waals surface area contributed by atoms with E-state index in [2.05, 4.69) is 12.4 Å². The van der Waals surface area contributed by atoms with Crippen LogP contribution >= 0.6 is 0 Å². The maximum atomic E-state index is 8.52. The third-order valence-corrected chi connectivity index (χ3v) is 1.76. The predicted octanol–water partition coefficient (Wildman–Crippen LogP) is -1.84. The van der Waals surface area contributed by atoms with Crippen LogP contribution in [0.3, 0.4) is 0 Å². The first-order valence-electron chi connectivity index (χ1n) is 3.77. The van der Waals surface area contributed by atoms with Crippen molar-refractivity contribution in [2.75, 3.05) is 7.05 Å². The van der Waals surface area contributed by atoms with Crippen LogP contribution in [0.2, 0.25) is 0 Å². The number of nitrogens with one attached hydrogen (secondary N) is 1. The van der Waals surface area contributed by atoms with E-state index in [0.29, 0.717) is 0 Å². The molecule has 0 aromatic heterocycles. The average molecular weight is 426 g/mol. The van der Waals surface area contributed by atoms with Crippen molar-refractivity contribution < 1.29 is 49.5 Å². The molecule has 0 unspecified atom stereocenters. The quantitative estimate of drug-likeness (QED) is 0.385. The molecule has 98 valence electrons. The summed E-state index contributed by atoms with van der Waals surface area (Å²) in [6.45, 7) is 0. The van der Waals surface area contributed by atoms with E-state index in [1.807, 2.05) is 0 Å². The van der Waals surface area contributed by atoms with E-state index in [9.17, 15) is 0 Å². The van der Waals surface area contributed by atoms with Crippen LogP contribution in [0.4, 0.5) is 0 Å². The summed E-state index contributed by atoms with van der Waals surface area (Å²) in [7, 11) is -3.12. The summed E-state index contributed by atoms with van der Waals surface area (Å²) >= 11 is 0. The first-order chi connectivity index (χ1) is 5.43. The summed E-state index contributed by atoms with van der Waals surface area (Å²) < 4.78 is 34.1. The summed E-state index contributed by atoms with van der Waals surface area (Å²) in [5, 5.41) is 3.26. The number of hydrogen-bond donors (Lipinski definition) is 1. The average Bonchev–Trinajstić information content (AvgIpc) is 2.33. The molecule has 7 nitrogen and oxygen atoms in total. The Morgan fingerprint density at radius 2 is 1.40 bits per heavy atom. The van der Waals surface area contributed by atoms with Gasteiger partial charge in [-0.2, -0.15) is 0 Å². The Morgan fingerprint density at radius 1 is 1.13 bits per heavy atom. The molecule has 0 aromatic rings. The molecular weight excluding hydrogens is 409 g/mol. The standard InChI is InChI=1S/C6H13N.H2O4S.2H2O.Pt/c1-7-6-4-2-3-5-6;1-5(2,3)4;;;/h6-7H,2-5H2,1H3;(H2,1,2,3,4);2*1H2;/q;;;;+2/p-2. The predicted molar refractivity (Wildman–Crippen MR) is 49.0 cm³/mol. The number of rotatable bonds is 1. The third kappa shape index (κ3) is 25.1. The summed E-state index contributed by atoms with van der Waals surface area (Å²) in [4.78, 5) is 0. The van der Waals surface area contributed by atoms with Crippen molar-refractivity contribution in [1.29, 1.82) is 0 Å². The van der Waals surface area contributed by atoms with Crippen molar-refractivity contribution in [1.82, 2.24) is 5.32 Å². The zero-order valence-corrected chi connectivity index (χ0v) is 11.4. The second-order valence-electron chi connectivity index (χ2n) is 2.68. The summed E-state index contributed by atoms with van der Waals surface area (Å²) in [5.74, 6) is 0. The van der Waals surface area contributed by atoms with Gasteiger partial charge in [0.15, 0.2) is 0 Å². The fourth-order valence-corrected chi connectivity index (χ4v) is 1.21. The van der Waals surface area contributed by atoms with Gasteiger partial charge in [0, 0.05) is 16.4 Å². The van der Waals surface area contributed by atoms with Gasteiger partial charge in [-0.05, 0) is 19.9 Å². The molecule has 0 bridgehead atoms. The molecule has 0 aliphatic heterocycles. The van der Waals surface area contributed by atoms with Gasteiger partial charge in [-0.1, -0.05) is 12.8 Å². The molecule has 0 saturated heterocycles. The Kier molecular flexibility index (Phi) is 20.5. The molecule has 0 aromatic carbocycles. The molecular formula is C6H17NO6PtS. The Morgan fingerprint density at radius 3 is 1.53 bits per heavy atom. The molecule has 0 radical (unpaired) electrons. The van der Waals surface area contributed by atoms with Crippen LogP contribution in [0.25, 0.3) is 0 Å². The van der Waals surface area contributed by atoms with Crippen molar-refractivity contribution in [3.05, 3.63) is 0 Å². The molecule has 1 fully saturated rings. The van der Waals surface area contributed by atoms with E-state index in [-0.39, 0.29) is 32.0 Å². The van der Waals surface area contributed by atoms with Crippen LogP contribution in [0, 0.1) is 0 Å². The maximum Gasteiger partial charge on any atom is 2.00 e. The van der Waals surface area contributed by atoms with Crippen molar-refractivity contribution in [2.45, 2.75) is 31.7 Å². The van der Waals surface area contributed by atoms with Crippen LogP contribution in [0.5, 0.6) is 0 Å². The van der Waals surface area contributed by atoms with Gasteiger partial charge in [0.1, 0.15) is 0 Å². The van der Waals surface area contributed by atoms with E-state index in [1.54, 1.807) is 0 Å². The van der Waals surface area contributed by atoms with Crippen LogP contribution < -0.4 is 5.32 Å². The Bertz CT molecular complexity index is 196. The molecule has 1 aliphatic carbocycles. The Hall–Kier alpha value is 0.438. The molecule has 0 atom stereocenters. The minimum absolute atomic E-state index is 0. The number of hydrogen-bond acceptors (Lipinski definition) is 5. The second-order valence-corrected chi connectivity index (χ2v) is 3.49. The first-order valence-corrected chi connectivity index (χ1v) is 5.11. The smallest absolute Gasteiger partial charge is 0.759 e. The van der Waals surface area contributed by atoms with Crippen molar-refractivity contribution in [3.63, 3.8) is 0 Å². The van der Waals surface area contributed by atoms with Gasteiger partial charge in [-0.3, -0.25) is 8.42 Å². The van der Waals surface area contributed by atoms with Crippen LogP contribution in [0.1, 0.15) is 25.7 Å². The fourth-order valence-electron chi connectivity index (χ4n) is 1.21. The van der Waals surface area contributed by atoms with Gasteiger partial charge in [-0.25, -0.2) is 0 Å². The molecule has 0 amide bonds. The van der Waals surface area contributed by atoms with Gasteiger partial charge in [0.25, 0.3) is 0 Å². The molecule has 1 aliphatic rings. The largest absolute Gasteiger partial charge is 2.00 e. The zero-order chi connectivity index (χ0) is 9.61. The van der Waals surface area contributed by atoms with Gasteiger partial charge in [-0.15, -0.1) is 0 Å². The Labute approximate surface area is 104 Å². The molecule has 0 heterocycles. The zero-order valence-electron chi connectivity index (χ0n) is 8.26. The topological polar surface area (TPSA) is 155 Å². The SMILES string of the molecule is CNC1CCCC1.O.O.O=S(=O)([O-])[O-].[Pt+2]. The Balaban J connectivity index is -0.0000000701. The third-order valence-electron chi connectivity index (χ3n) is 1.76. The minimum Gasteiger partial charge on any atom is -0.759 e. The van der Waals surface area contributed by atoms with E-state index < -0.39 is 10.4 Å². The molecule has 1 rings (SSSR count). The maximum absolute atomic E-state index is 8.52. The minimum atomic E-state index is -5.17. The molecule has 15 heavy (non-hydrogen) atoms. The van der Waals surface area contributed by atoms with Gasteiger partial charge in [0.2, 0.25) is 0 Å². The van der Waals surface area contributed by atoms with E-state index in [1.165, 1.54) is 25.7 Å². The summed E-state index contributed by atoms with van der Waals surface area (Å²) in [6, 6.07) is 0.847. The van der Waals surface area contributed by atoms with Gasteiger partial charge < -0.3 is 25.4 Å². The normalized spacial score (nSPS) is 14.9. The first kappa shape index (κ1) is 24.6. The van der Waals surface area contributed by atoms with E-state index in [4.69, 9.17) is 17.5 Å². The van der Waals surface area contributed by atoms with Crippen LogP contribution in [-0.2, 0) is 31.5 Å². The monoisotopic (exact) mass is 426 g/mol. The van der Waals surface area contributed by atoms with Gasteiger partial charge >= 0.3 is 21.1 Å². The second kappa shape index (κ2) is 12.5. The molecule has 9 heteroatoms. The molecule has 5 N–H and O–H groups in total. The van der Waals surface area contributed by atoms with Crippen LogP contribution in [-0.4, -0.2) is 41.6 Å². The van der Waals surface area contributed by atoms with Crippen molar-refractivity contribution in [2.24, 2.45) is 0 Å². The fraction of sp³-hybridized carbons (Fsp3) is 1.00. The van der Waals surface area contributed by atoms with Crippen molar-refractivity contribution in [3.8, 4) is 0 Å². The van der Waals surface area contributed by atoms with Crippen LogP contribution in [0.15, 0.2) is 0 Å². The van der Waals surface area contributed by atoms with Crippen molar-refractivity contribution >= 4 is 10.4 Å². The van der Waals surface area contributed by atoms with E-state index in [0.717, 1.165) is 6.04 Å². The summed E-state index contributed by atoms with van der Waals surface area (Å²) in [5.41, 5.74) is 0. The molecule has 1 saturated carbocycles. The van der Waals surface area contributed by atoms with Gasteiger partial charge in [0.05, 0.1) is 0 Å². The summed E-state index contributed by atoms with van der Waals surface area (Å²) in [6.07, 6.45) is 5.67. The molecule has 0 spiro atoms. The van der Waals surface area contributed by atoms with E-state index >= 15 is 0 Å².